The lowest BCUT2D eigenvalue weighted by atomic mass is 10.1. The Hall–Kier alpha value is -0.790. The summed E-state index contributed by atoms with van der Waals surface area (Å²) in [7, 11) is 0. The van der Waals surface area contributed by atoms with E-state index in [-0.39, 0.29) is 0 Å². The van der Waals surface area contributed by atoms with E-state index >= 15 is 0 Å². The minimum absolute atomic E-state index is 0.987. The number of nitrogens with zero attached hydrogens (tertiary/aromatic N) is 1. The molecule has 0 bridgehead atoms. The molecular weight excluding hydrogens is 112 g/mol. The Morgan fingerprint density at radius 2 is 2.44 bits per heavy atom. The van der Waals surface area contributed by atoms with Gasteiger partial charge in [-0.05, 0) is 32.1 Å². The number of nitrogens with one attached hydrogen (secondary N) is 1. The van der Waals surface area contributed by atoms with Crippen LogP contribution in [0.3, 0.4) is 0 Å². The van der Waals surface area contributed by atoms with Crippen molar-refractivity contribution in [3.8, 4) is 0 Å². The minimum atomic E-state index is 0.987. The van der Waals surface area contributed by atoms with Gasteiger partial charge in [-0.25, -0.2) is 4.99 Å². The van der Waals surface area contributed by atoms with Crippen molar-refractivity contribution in [2.24, 2.45) is 4.99 Å². The molecule has 0 aromatic rings. The highest BCUT2D eigenvalue weighted by Gasteiger charge is 2.04. The van der Waals surface area contributed by atoms with Crippen LogP contribution < -0.4 is 5.32 Å². The average Bonchev–Trinajstić information content (AvgIpc) is 1.89. The van der Waals surface area contributed by atoms with Gasteiger partial charge in [-0.1, -0.05) is 0 Å². The molecule has 0 radical (unpaired) electrons. The number of hydrogen-bond donors (Lipinski definition) is 1. The highest BCUT2D eigenvalue weighted by atomic mass is 15.0. The molecule has 1 heterocycles. The summed E-state index contributed by atoms with van der Waals surface area (Å²) in [5.74, 6) is 0.987. The Morgan fingerprint density at radius 3 is 2.89 bits per heavy atom. The fraction of sp³-hybridized carbons (Fsp3) is 0.571. The van der Waals surface area contributed by atoms with E-state index in [1.807, 2.05) is 0 Å². The molecule has 0 spiro atoms. The molecule has 50 valence electrons. The van der Waals surface area contributed by atoms with Gasteiger partial charge in [0.1, 0.15) is 5.82 Å². The van der Waals surface area contributed by atoms with Gasteiger partial charge in [0.05, 0.1) is 0 Å². The first kappa shape index (κ1) is 6.33. The zero-order valence-corrected chi connectivity index (χ0v) is 5.78. The quantitative estimate of drug-likeness (QED) is 0.523. The van der Waals surface area contributed by atoms with Crippen LogP contribution in [0, 0.1) is 0 Å². The first-order valence-corrected chi connectivity index (χ1v) is 3.25. The highest BCUT2D eigenvalue weighted by molar-refractivity contribution is 5.30. The summed E-state index contributed by atoms with van der Waals surface area (Å²) in [6, 6.07) is 0. The monoisotopic (exact) mass is 124 g/mol. The van der Waals surface area contributed by atoms with Crippen LogP contribution in [-0.4, -0.2) is 13.3 Å². The van der Waals surface area contributed by atoms with Gasteiger partial charge >= 0.3 is 0 Å². The second kappa shape index (κ2) is 2.67. The molecule has 0 unspecified atom stereocenters. The molecule has 0 aliphatic carbocycles. The minimum Gasteiger partial charge on any atom is -0.370 e. The van der Waals surface area contributed by atoms with Crippen LogP contribution in [0.4, 0.5) is 0 Å². The first-order chi connectivity index (χ1) is 4.34. The Kier molecular flexibility index (Phi) is 1.88. The topological polar surface area (TPSA) is 24.4 Å². The van der Waals surface area contributed by atoms with Gasteiger partial charge in [-0.15, -0.1) is 0 Å². The second-order valence-corrected chi connectivity index (χ2v) is 2.32. The van der Waals surface area contributed by atoms with E-state index < -0.39 is 0 Å². The van der Waals surface area contributed by atoms with Gasteiger partial charge < -0.3 is 5.32 Å². The molecule has 9 heavy (non-hydrogen) atoms. The van der Waals surface area contributed by atoms with E-state index in [2.05, 4.69) is 24.0 Å². The predicted molar refractivity (Wildman–Crippen MR) is 39.5 cm³/mol. The standard InChI is InChI=1S/C7H12N2/c1-6-4-3-5-9-7(6)8-2/h9H,2-5H2,1H3. The third-order valence-corrected chi connectivity index (χ3v) is 1.58. The number of allylic oxidation sites excluding steroid dienone is 1. The second-order valence-electron chi connectivity index (χ2n) is 2.32. The largest absolute Gasteiger partial charge is 0.370 e. The maximum Gasteiger partial charge on any atom is 0.124 e. The van der Waals surface area contributed by atoms with Crippen molar-refractivity contribution in [2.75, 3.05) is 6.54 Å². The van der Waals surface area contributed by atoms with Crippen LogP contribution in [-0.2, 0) is 0 Å². The van der Waals surface area contributed by atoms with Crippen molar-refractivity contribution in [1.82, 2.24) is 5.32 Å². The van der Waals surface area contributed by atoms with Crippen LogP contribution in [0.25, 0.3) is 0 Å². The Balaban J connectivity index is 2.70. The fourth-order valence-corrected chi connectivity index (χ4v) is 1.02. The summed E-state index contributed by atoms with van der Waals surface area (Å²) >= 11 is 0. The van der Waals surface area contributed by atoms with Crippen molar-refractivity contribution in [3.63, 3.8) is 0 Å². The molecule has 0 saturated heterocycles. The Morgan fingerprint density at radius 1 is 1.67 bits per heavy atom. The Bertz CT molecular complexity index is 147. The molecule has 0 aromatic carbocycles. The first-order valence-electron chi connectivity index (χ1n) is 3.25. The van der Waals surface area contributed by atoms with E-state index in [0.717, 1.165) is 12.4 Å². The summed E-state index contributed by atoms with van der Waals surface area (Å²) in [6.45, 7) is 6.61. The van der Waals surface area contributed by atoms with E-state index in [4.69, 9.17) is 0 Å². The van der Waals surface area contributed by atoms with Gasteiger partial charge in [0.15, 0.2) is 0 Å². The number of hydrogen-bond acceptors (Lipinski definition) is 2. The lowest BCUT2D eigenvalue weighted by Crippen LogP contribution is -2.19. The zero-order chi connectivity index (χ0) is 6.69. The summed E-state index contributed by atoms with van der Waals surface area (Å²) < 4.78 is 0. The number of rotatable bonds is 1. The SMILES string of the molecule is C=NC1=C(C)CCCN1. The van der Waals surface area contributed by atoms with Gasteiger partial charge in [0, 0.05) is 6.54 Å². The normalized spacial score (nSPS) is 19.2. The average molecular weight is 124 g/mol. The lowest BCUT2D eigenvalue weighted by molar-refractivity contribution is 0.656. The molecule has 0 aromatic heterocycles. The lowest BCUT2D eigenvalue weighted by Gasteiger charge is -2.15. The van der Waals surface area contributed by atoms with Gasteiger partial charge in [0.25, 0.3) is 0 Å². The third kappa shape index (κ3) is 1.31. The van der Waals surface area contributed by atoms with Crippen molar-refractivity contribution in [3.05, 3.63) is 11.4 Å². The van der Waals surface area contributed by atoms with Crippen molar-refractivity contribution in [1.29, 1.82) is 0 Å². The molecule has 0 fully saturated rings. The van der Waals surface area contributed by atoms with Crippen LogP contribution >= 0.6 is 0 Å². The summed E-state index contributed by atoms with van der Waals surface area (Å²) in [5, 5.41) is 3.17. The molecule has 0 amide bonds. The van der Waals surface area contributed by atoms with Gasteiger partial charge in [-0.2, -0.15) is 0 Å². The highest BCUT2D eigenvalue weighted by Crippen LogP contribution is 2.12. The van der Waals surface area contributed by atoms with Crippen LogP contribution in [0.5, 0.6) is 0 Å². The van der Waals surface area contributed by atoms with Crippen molar-refractivity contribution in [2.45, 2.75) is 19.8 Å². The molecule has 2 heteroatoms. The summed E-state index contributed by atoms with van der Waals surface area (Å²) in [6.07, 6.45) is 2.40. The van der Waals surface area contributed by atoms with E-state index in [1.165, 1.54) is 18.4 Å². The van der Waals surface area contributed by atoms with Gasteiger partial charge in [-0.3, -0.25) is 0 Å². The molecule has 2 nitrogen and oxygen atoms in total. The third-order valence-electron chi connectivity index (χ3n) is 1.58. The van der Waals surface area contributed by atoms with Crippen LogP contribution in [0.2, 0.25) is 0 Å². The summed E-state index contributed by atoms with van der Waals surface area (Å²) in [4.78, 5) is 3.85. The van der Waals surface area contributed by atoms with E-state index in [9.17, 15) is 0 Å². The van der Waals surface area contributed by atoms with Crippen LogP contribution in [0.15, 0.2) is 16.4 Å². The molecule has 1 N–H and O–H groups in total. The van der Waals surface area contributed by atoms with E-state index in [1.54, 1.807) is 0 Å². The smallest absolute Gasteiger partial charge is 0.124 e. The predicted octanol–water partition coefficient (Wildman–Crippen LogP) is 1.30. The maximum atomic E-state index is 3.85. The maximum absolute atomic E-state index is 3.85. The van der Waals surface area contributed by atoms with E-state index in [0.29, 0.717) is 0 Å². The molecule has 1 aliphatic heterocycles. The molecule has 1 rings (SSSR count). The molecular formula is C7H12N2. The van der Waals surface area contributed by atoms with Gasteiger partial charge in [0.2, 0.25) is 0 Å². The molecule has 1 aliphatic rings. The Labute approximate surface area is 55.7 Å². The zero-order valence-electron chi connectivity index (χ0n) is 5.78. The van der Waals surface area contributed by atoms with Crippen LogP contribution in [0.1, 0.15) is 19.8 Å². The summed E-state index contributed by atoms with van der Waals surface area (Å²) in [5.41, 5.74) is 1.33. The fourth-order valence-electron chi connectivity index (χ4n) is 1.02. The molecule has 0 atom stereocenters. The van der Waals surface area contributed by atoms with Crippen molar-refractivity contribution < 1.29 is 0 Å². The number of aliphatic imine (C=N–C) groups is 1. The molecule has 0 saturated carbocycles. The van der Waals surface area contributed by atoms with Crippen molar-refractivity contribution >= 4 is 6.72 Å².